The van der Waals surface area contributed by atoms with E-state index in [1.165, 1.54) is 16.0 Å². The predicted molar refractivity (Wildman–Crippen MR) is 138 cm³/mol. The number of aryl methyl sites for hydroxylation is 2. The van der Waals surface area contributed by atoms with Gasteiger partial charge in [-0.1, -0.05) is 31.2 Å². The fourth-order valence-electron chi connectivity index (χ4n) is 4.34. The van der Waals surface area contributed by atoms with Gasteiger partial charge in [-0.05, 0) is 48.6 Å². The van der Waals surface area contributed by atoms with E-state index < -0.39 is 29.7 Å². The van der Waals surface area contributed by atoms with Crippen molar-refractivity contribution in [3.8, 4) is 0 Å². The van der Waals surface area contributed by atoms with Gasteiger partial charge in [0.15, 0.2) is 0 Å². The third-order valence-electron chi connectivity index (χ3n) is 6.18. The number of carbonyl (C=O) groups is 1. The molecule has 2 atom stereocenters. The highest BCUT2D eigenvalue weighted by atomic mass is 19.1. The molecule has 0 saturated carbocycles. The maximum Gasteiger partial charge on any atom is 0.260 e. The normalized spacial score (nSPS) is 13.0. The lowest BCUT2D eigenvalue weighted by Crippen LogP contribution is -2.49. The summed E-state index contributed by atoms with van der Waals surface area (Å²) in [6.45, 7) is 4.35. The largest absolute Gasteiger partial charge is 0.390 e. The topological polar surface area (TPSA) is 124 Å². The molecular weight excluding hydrogens is 494 g/mol. The Kier molecular flexibility index (Phi) is 8.59. The fourth-order valence-corrected chi connectivity index (χ4v) is 4.34. The van der Waals surface area contributed by atoms with Gasteiger partial charge in [0.2, 0.25) is 11.7 Å². The molecule has 0 radical (unpaired) electrons. The highest BCUT2D eigenvalue weighted by Crippen LogP contribution is 2.13. The summed E-state index contributed by atoms with van der Waals surface area (Å²) >= 11 is 0. The molecule has 0 spiro atoms. The molecule has 0 saturated heterocycles. The Morgan fingerprint density at radius 2 is 1.84 bits per heavy atom. The van der Waals surface area contributed by atoms with Gasteiger partial charge in [0, 0.05) is 30.9 Å². The number of H-pyrrole nitrogens is 1. The Labute approximate surface area is 217 Å². The van der Waals surface area contributed by atoms with Crippen molar-refractivity contribution < 1.29 is 18.7 Å². The van der Waals surface area contributed by atoms with Gasteiger partial charge in [0.1, 0.15) is 17.5 Å². The average molecular weight is 525 g/mol. The molecule has 4 aromatic rings. The second-order valence-corrected chi connectivity index (χ2v) is 9.24. The summed E-state index contributed by atoms with van der Waals surface area (Å²) in [6.07, 6.45) is -0.469. The number of amides is 1. The van der Waals surface area contributed by atoms with E-state index >= 15 is 0 Å². The fraction of sp³-hybridized carbons (Fsp3) is 0.333. The van der Waals surface area contributed by atoms with Gasteiger partial charge >= 0.3 is 0 Å². The molecule has 4 N–H and O–H groups in total. The van der Waals surface area contributed by atoms with Gasteiger partial charge < -0.3 is 15.7 Å². The molecule has 2 aromatic carbocycles. The van der Waals surface area contributed by atoms with Crippen molar-refractivity contribution >= 4 is 11.7 Å². The van der Waals surface area contributed by atoms with Gasteiger partial charge in [0.25, 0.3) is 5.56 Å². The molecule has 0 aliphatic carbocycles. The number of hydrogen-bond donors (Lipinski definition) is 4. The van der Waals surface area contributed by atoms with Crippen LogP contribution >= 0.6 is 0 Å². The first-order chi connectivity index (χ1) is 18.2. The summed E-state index contributed by atoms with van der Waals surface area (Å²) in [5, 5.41) is 23.5. The van der Waals surface area contributed by atoms with Crippen LogP contribution in [0, 0.1) is 18.6 Å². The molecule has 11 heteroatoms. The Balaban J connectivity index is 1.47. The lowest BCUT2D eigenvalue weighted by atomic mass is 10.00. The average Bonchev–Trinajstić information content (AvgIpc) is 3.25. The molecule has 38 heavy (non-hydrogen) atoms. The van der Waals surface area contributed by atoms with Crippen molar-refractivity contribution in [1.29, 1.82) is 0 Å². The predicted octanol–water partition coefficient (Wildman–Crippen LogP) is 1.99. The highest BCUT2D eigenvalue weighted by molar-refractivity contribution is 5.78. The number of aromatic nitrogens is 4. The van der Waals surface area contributed by atoms with Crippen molar-refractivity contribution in [2.75, 3.05) is 6.54 Å². The maximum atomic E-state index is 13.8. The monoisotopic (exact) mass is 524 g/mol. The molecule has 4 rings (SSSR count). The van der Waals surface area contributed by atoms with Crippen LogP contribution < -0.4 is 16.2 Å². The van der Waals surface area contributed by atoms with E-state index in [-0.39, 0.29) is 42.1 Å². The summed E-state index contributed by atoms with van der Waals surface area (Å²) in [5.41, 5.74) is 2.65. The summed E-state index contributed by atoms with van der Waals surface area (Å²) in [4.78, 5) is 29.5. The van der Waals surface area contributed by atoms with E-state index in [4.69, 9.17) is 0 Å². The first kappa shape index (κ1) is 27.1. The number of aliphatic hydroxyl groups is 1. The van der Waals surface area contributed by atoms with Crippen LogP contribution in [0.1, 0.15) is 35.1 Å². The molecule has 9 nitrogen and oxygen atoms in total. The second-order valence-electron chi connectivity index (χ2n) is 9.24. The van der Waals surface area contributed by atoms with Gasteiger partial charge in [0.05, 0.1) is 18.6 Å². The molecule has 2 unspecified atom stereocenters. The molecule has 0 aliphatic heterocycles. The first-order valence-corrected chi connectivity index (χ1v) is 12.4. The highest BCUT2D eigenvalue weighted by Gasteiger charge is 2.24. The van der Waals surface area contributed by atoms with Gasteiger partial charge in [-0.15, -0.1) is 0 Å². The van der Waals surface area contributed by atoms with Crippen LogP contribution in [0.15, 0.2) is 53.3 Å². The van der Waals surface area contributed by atoms with Crippen LogP contribution in [0.3, 0.4) is 0 Å². The molecule has 200 valence electrons. The van der Waals surface area contributed by atoms with Crippen molar-refractivity contribution in [1.82, 2.24) is 30.2 Å². The number of rotatable bonds is 11. The third-order valence-corrected chi connectivity index (χ3v) is 6.18. The molecule has 0 bridgehead atoms. The third kappa shape index (κ3) is 6.87. The minimum Gasteiger partial charge on any atom is -0.390 e. The molecular formula is C27H30F2N6O3. The van der Waals surface area contributed by atoms with E-state index in [2.05, 4.69) is 38.8 Å². The minimum absolute atomic E-state index is 0.0173. The van der Waals surface area contributed by atoms with E-state index in [0.29, 0.717) is 12.2 Å². The quantitative estimate of drug-likeness (QED) is 0.238. The number of aliphatic hydroxyl groups excluding tert-OH is 1. The molecule has 2 aromatic heterocycles. The Morgan fingerprint density at radius 3 is 2.58 bits per heavy atom. The maximum absolute atomic E-state index is 13.8. The number of carbonyl (C=O) groups excluding carboxylic acids is 1. The zero-order chi connectivity index (χ0) is 27.2. The Bertz CT molecular complexity index is 1470. The zero-order valence-corrected chi connectivity index (χ0v) is 21.2. The Hall–Kier alpha value is -3.96. The summed E-state index contributed by atoms with van der Waals surface area (Å²) in [7, 11) is 0. The summed E-state index contributed by atoms with van der Waals surface area (Å²) < 4.78 is 28.8. The van der Waals surface area contributed by atoms with Crippen LogP contribution in [0.25, 0.3) is 5.78 Å². The van der Waals surface area contributed by atoms with Crippen LogP contribution in [0.5, 0.6) is 0 Å². The SMILES string of the molecule is CCc1cccc(CNCC(O)C(Cc2cc(F)cc(F)c2)NC(=O)Cc2n[nH]c3nc(C)cc(=O)n23)c1. The molecule has 0 fully saturated rings. The number of benzene rings is 2. The van der Waals surface area contributed by atoms with Crippen molar-refractivity contribution in [3.05, 3.63) is 98.7 Å². The number of halogens is 2. The summed E-state index contributed by atoms with van der Waals surface area (Å²) in [5.74, 6) is -1.67. The second kappa shape index (κ2) is 12.1. The number of fused-ring (bicyclic) bond motifs is 1. The van der Waals surface area contributed by atoms with E-state index in [1.54, 1.807) is 6.92 Å². The van der Waals surface area contributed by atoms with E-state index in [0.717, 1.165) is 30.2 Å². The molecule has 0 aliphatic rings. The van der Waals surface area contributed by atoms with E-state index in [9.17, 15) is 23.5 Å². The van der Waals surface area contributed by atoms with Crippen molar-refractivity contribution in [3.63, 3.8) is 0 Å². The zero-order valence-electron chi connectivity index (χ0n) is 21.2. The standard InChI is InChI=1S/C27H30F2N6O3/c1-3-17-5-4-6-18(8-17)14-30-15-23(36)22(11-19-9-20(28)12-21(29)10-19)32-25(37)13-24-33-34-27-31-16(2)7-26(38)35(24)27/h4-10,12,22-23,30,36H,3,11,13-15H2,1-2H3,(H,31,34)(H,32,37). The van der Waals surface area contributed by atoms with Gasteiger partial charge in [-0.3, -0.25) is 9.59 Å². The number of nitrogens with one attached hydrogen (secondary N) is 3. The summed E-state index contributed by atoms with van der Waals surface area (Å²) in [6, 6.07) is 11.6. The van der Waals surface area contributed by atoms with Gasteiger partial charge in [-0.25, -0.2) is 23.3 Å². The van der Waals surface area contributed by atoms with Crippen molar-refractivity contribution in [2.45, 2.75) is 51.8 Å². The molecule has 2 heterocycles. The van der Waals surface area contributed by atoms with Crippen LogP contribution in [-0.2, 0) is 30.6 Å². The number of hydrogen-bond acceptors (Lipinski definition) is 6. The van der Waals surface area contributed by atoms with Crippen LogP contribution in [0.2, 0.25) is 0 Å². The number of aromatic amines is 1. The van der Waals surface area contributed by atoms with Crippen molar-refractivity contribution in [2.24, 2.45) is 0 Å². The number of nitrogens with zero attached hydrogens (tertiary/aromatic N) is 3. The van der Waals surface area contributed by atoms with Crippen LogP contribution in [0.4, 0.5) is 8.78 Å². The van der Waals surface area contributed by atoms with E-state index in [1.807, 2.05) is 18.2 Å². The Morgan fingerprint density at radius 1 is 1.11 bits per heavy atom. The smallest absolute Gasteiger partial charge is 0.260 e. The lowest BCUT2D eigenvalue weighted by molar-refractivity contribution is -0.122. The first-order valence-electron chi connectivity index (χ1n) is 12.4. The van der Waals surface area contributed by atoms with Crippen LogP contribution in [-0.4, -0.2) is 49.3 Å². The van der Waals surface area contributed by atoms with Gasteiger partial charge in [-0.2, -0.15) is 5.10 Å². The lowest BCUT2D eigenvalue weighted by Gasteiger charge is -2.25. The minimum atomic E-state index is -1.08. The molecule has 1 amide bonds.